The summed E-state index contributed by atoms with van der Waals surface area (Å²) in [5, 5.41) is 20.4. The second-order valence-corrected chi connectivity index (χ2v) is 7.18. The van der Waals surface area contributed by atoms with Gasteiger partial charge in [0.2, 0.25) is 0 Å². The lowest BCUT2D eigenvalue weighted by Gasteiger charge is -2.10. The molecule has 0 bridgehead atoms. The molecule has 0 aromatic carbocycles. The molecule has 9 heteroatoms. The maximum absolute atomic E-state index is 10.7. The van der Waals surface area contributed by atoms with Crippen LogP contribution in [0.5, 0.6) is 0 Å². The Balaban J connectivity index is 2.08. The number of carbonyl (C=O) groups is 2. The van der Waals surface area contributed by atoms with Gasteiger partial charge in [0.05, 0.1) is 5.37 Å². The second-order valence-electron chi connectivity index (χ2n) is 3.39. The summed E-state index contributed by atoms with van der Waals surface area (Å²) in [7, 11) is 2.90. The van der Waals surface area contributed by atoms with E-state index in [4.69, 9.17) is 15.9 Å². The van der Waals surface area contributed by atoms with Crippen LogP contribution in [0.2, 0.25) is 0 Å². The molecule has 0 aromatic heterocycles. The van der Waals surface area contributed by atoms with Crippen molar-refractivity contribution in [3.05, 3.63) is 0 Å². The van der Waals surface area contributed by atoms with Crippen LogP contribution in [0.3, 0.4) is 0 Å². The Morgan fingerprint density at radius 2 is 2.18 bits per heavy atom. The summed E-state index contributed by atoms with van der Waals surface area (Å²) >= 11 is 1.57. The zero-order valence-corrected chi connectivity index (χ0v) is 11.3. The Hall–Kier alpha value is -0.0900. The van der Waals surface area contributed by atoms with E-state index in [1.165, 1.54) is 21.6 Å². The first kappa shape index (κ1) is 15.0. The van der Waals surface area contributed by atoms with Crippen molar-refractivity contribution in [2.45, 2.75) is 17.5 Å². The number of thioether (sulfide) groups is 1. The van der Waals surface area contributed by atoms with E-state index in [1.54, 1.807) is 11.8 Å². The monoisotopic (exact) mass is 298 g/mol. The molecule has 6 nitrogen and oxygen atoms in total. The lowest BCUT2D eigenvalue weighted by molar-refractivity contribution is -0.139. The van der Waals surface area contributed by atoms with E-state index >= 15 is 0 Å². The van der Waals surface area contributed by atoms with Crippen molar-refractivity contribution >= 4 is 45.3 Å². The van der Waals surface area contributed by atoms with Crippen molar-refractivity contribution in [2.24, 2.45) is 5.73 Å². The van der Waals surface area contributed by atoms with Crippen LogP contribution in [-0.4, -0.2) is 56.9 Å². The van der Waals surface area contributed by atoms with E-state index in [2.05, 4.69) is 5.32 Å². The molecule has 1 fully saturated rings. The maximum atomic E-state index is 10.7. The summed E-state index contributed by atoms with van der Waals surface area (Å²) in [5.74, 6) is -0.187. The Kier molecular flexibility index (Phi) is 6.49. The van der Waals surface area contributed by atoms with Gasteiger partial charge in [0.25, 0.3) is 0 Å². The zero-order chi connectivity index (χ0) is 12.8. The largest absolute Gasteiger partial charge is 0.480 e. The summed E-state index contributed by atoms with van der Waals surface area (Å²) in [4.78, 5) is 21.1. The van der Waals surface area contributed by atoms with E-state index in [-0.39, 0.29) is 5.37 Å². The molecule has 1 heterocycles. The fraction of sp³-hybridized carbons (Fsp3) is 0.750. The van der Waals surface area contributed by atoms with Crippen LogP contribution in [0.25, 0.3) is 0 Å². The quantitative estimate of drug-likeness (QED) is 0.378. The molecule has 0 aromatic rings. The van der Waals surface area contributed by atoms with Gasteiger partial charge in [0.1, 0.15) is 12.1 Å². The van der Waals surface area contributed by atoms with Gasteiger partial charge in [-0.1, -0.05) is 21.6 Å². The lowest BCUT2D eigenvalue weighted by Crippen LogP contribution is -2.37. The highest BCUT2D eigenvalue weighted by molar-refractivity contribution is 8.76. The van der Waals surface area contributed by atoms with Crippen LogP contribution >= 0.6 is 33.3 Å². The smallest absolute Gasteiger partial charge is 0.321 e. The van der Waals surface area contributed by atoms with Gasteiger partial charge in [-0.25, -0.2) is 0 Å². The minimum absolute atomic E-state index is 0.106. The third kappa shape index (κ3) is 5.38. The first-order chi connectivity index (χ1) is 8.00. The zero-order valence-electron chi connectivity index (χ0n) is 8.87. The molecule has 0 spiro atoms. The number of nitrogens with two attached hydrogens (primary N) is 1. The Morgan fingerprint density at radius 3 is 2.71 bits per heavy atom. The van der Waals surface area contributed by atoms with Crippen molar-refractivity contribution in [3.63, 3.8) is 0 Å². The van der Waals surface area contributed by atoms with Crippen LogP contribution in [-0.2, 0) is 9.59 Å². The molecule has 1 saturated heterocycles. The van der Waals surface area contributed by atoms with Crippen molar-refractivity contribution in [1.82, 2.24) is 5.32 Å². The van der Waals surface area contributed by atoms with E-state index in [1.807, 2.05) is 0 Å². The summed E-state index contributed by atoms with van der Waals surface area (Å²) in [6, 6.07) is -1.32. The minimum atomic E-state index is -1.00. The fourth-order valence-corrected chi connectivity index (χ4v) is 4.97. The molecular weight excluding hydrogens is 284 g/mol. The summed E-state index contributed by atoms with van der Waals surface area (Å²) < 4.78 is 0. The molecule has 17 heavy (non-hydrogen) atoms. The fourth-order valence-electron chi connectivity index (χ4n) is 1.07. The van der Waals surface area contributed by atoms with Gasteiger partial charge < -0.3 is 15.9 Å². The second kappa shape index (κ2) is 7.37. The molecule has 0 radical (unpaired) electrons. The van der Waals surface area contributed by atoms with Gasteiger partial charge in [0, 0.05) is 17.3 Å². The van der Waals surface area contributed by atoms with E-state index in [0.717, 1.165) is 5.75 Å². The number of aliphatic carboxylic acids is 2. The minimum Gasteiger partial charge on any atom is -0.480 e. The van der Waals surface area contributed by atoms with Gasteiger partial charge in [-0.3, -0.25) is 14.9 Å². The van der Waals surface area contributed by atoms with Crippen molar-refractivity contribution in [1.29, 1.82) is 0 Å². The van der Waals surface area contributed by atoms with Crippen LogP contribution in [0.4, 0.5) is 0 Å². The van der Waals surface area contributed by atoms with Crippen LogP contribution in [0.15, 0.2) is 0 Å². The SMILES string of the molecule is NC(CSSCC1N[C@H](C(=O)O)CS1)C(=O)O. The van der Waals surface area contributed by atoms with Crippen molar-refractivity contribution in [3.8, 4) is 0 Å². The van der Waals surface area contributed by atoms with Crippen LogP contribution in [0.1, 0.15) is 0 Å². The average molecular weight is 298 g/mol. The molecule has 2 unspecified atom stereocenters. The highest BCUT2D eigenvalue weighted by Crippen LogP contribution is 2.28. The standard InChI is InChI=1S/C8H14N2O4S3/c9-4(7(11)12)1-16-17-3-6-10-5(2-15-6)8(13)14/h4-6,10H,1-3,9H2,(H,11,12)(H,13,14)/t4?,5-,6?/m0/s1. The van der Waals surface area contributed by atoms with Gasteiger partial charge >= 0.3 is 11.9 Å². The molecular formula is C8H14N2O4S3. The third-order valence-corrected chi connectivity index (χ3v) is 5.91. The number of hydrogen-bond acceptors (Lipinski definition) is 7. The third-order valence-electron chi connectivity index (χ3n) is 2.02. The number of carboxylic acids is 2. The topological polar surface area (TPSA) is 113 Å². The van der Waals surface area contributed by atoms with Crippen LogP contribution < -0.4 is 11.1 Å². The summed E-state index contributed by atoms with van der Waals surface area (Å²) in [6.45, 7) is 0. The predicted molar refractivity (Wildman–Crippen MR) is 71.3 cm³/mol. The van der Waals surface area contributed by atoms with E-state index < -0.39 is 24.0 Å². The normalized spacial score (nSPS) is 25.7. The summed E-state index contributed by atoms with van der Waals surface area (Å²) in [6.07, 6.45) is 0. The molecule has 1 rings (SSSR count). The van der Waals surface area contributed by atoms with E-state index in [0.29, 0.717) is 11.5 Å². The summed E-state index contributed by atoms with van der Waals surface area (Å²) in [5.41, 5.74) is 5.34. The number of hydrogen-bond donors (Lipinski definition) is 4. The Labute approximate surface area is 111 Å². The number of nitrogens with one attached hydrogen (secondary N) is 1. The molecule has 1 aliphatic heterocycles. The molecule has 1 aliphatic rings. The lowest BCUT2D eigenvalue weighted by atomic mass is 10.3. The van der Waals surface area contributed by atoms with Crippen LogP contribution in [0, 0.1) is 0 Å². The van der Waals surface area contributed by atoms with Crippen molar-refractivity contribution < 1.29 is 19.8 Å². The maximum Gasteiger partial charge on any atom is 0.321 e. The van der Waals surface area contributed by atoms with Gasteiger partial charge in [0.15, 0.2) is 0 Å². The highest BCUT2D eigenvalue weighted by atomic mass is 33.1. The average Bonchev–Trinajstić information content (AvgIpc) is 2.72. The van der Waals surface area contributed by atoms with Gasteiger partial charge in [-0.05, 0) is 0 Å². The molecule has 5 N–H and O–H groups in total. The molecule has 0 amide bonds. The van der Waals surface area contributed by atoms with Gasteiger partial charge in [-0.2, -0.15) is 0 Å². The Morgan fingerprint density at radius 1 is 1.47 bits per heavy atom. The highest BCUT2D eigenvalue weighted by Gasteiger charge is 2.29. The Bertz CT molecular complexity index is 292. The molecule has 3 atom stereocenters. The first-order valence-electron chi connectivity index (χ1n) is 4.84. The first-order valence-corrected chi connectivity index (χ1v) is 8.37. The van der Waals surface area contributed by atoms with Crippen molar-refractivity contribution in [2.75, 3.05) is 17.3 Å². The van der Waals surface area contributed by atoms with Gasteiger partial charge in [-0.15, -0.1) is 11.8 Å². The molecule has 0 saturated carbocycles. The van der Waals surface area contributed by atoms with E-state index in [9.17, 15) is 9.59 Å². The molecule has 98 valence electrons. The predicted octanol–water partition coefficient (Wildman–Crippen LogP) is -0.105. The number of rotatable bonds is 7. The molecule has 0 aliphatic carbocycles. The number of carboxylic acid groups (broad SMARTS) is 2.